The second-order valence-electron chi connectivity index (χ2n) is 5.63. The smallest absolute Gasteiger partial charge is 0.224 e. The van der Waals surface area contributed by atoms with Gasteiger partial charge in [-0.15, -0.1) is 0 Å². The fourth-order valence-corrected chi connectivity index (χ4v) is 2.63. The highest BCUT2D eigenvalue weighted by molar-refractivity contribution is 6.30. The van der Waals surface area contributed by atoms with Crippen molar-refractivity contribution in [2.75, 3.05) is 5.32 Å². The molecule has 1 N–H and O–H groups in total. The van der Waals surface area contributed by atoms with Crippen molar-refractivity contribution >= 4 is 23.2 Å². The summed E-state index contributed by atoms with van der Waals surface area (Å²) in [6.45, 7) is 0.603. The number of nitrogens with one attached hydrogen (secondary N) is 1. The van der Waals surface area contributed by atoms with Crippen LogP contribution in [0.3, 0.4) is 0 Å². The van der Waals surface area contributed by atoms with Crippen LogP contribution < -0.4 is 5.32 Å². The normalized spacial score (nSPS) is 10.8. The van der Waals surface area contributed by atoms with Crippen LogP contribution in [0.25, 0.3) is 0 Å². The number of halogens is 1. The van der Waals surface area contributed by atoms with E-state index in [0.717, 1.165) is 11.1 Å². The lowest BCUT2D eigenvalue weighted by Gasteiger charge is -2.03. The molecular formula is C17H18ClN5O. The third-order valence-corrected chi connectivity index (χ3v) is 3.78. The lowest BCUT2D eigenvalue weighted by molar-refractivity contribution is -0.116. The molecule has 0 radical (unpaired) electrons. The van der Waals surface area contributed by atoms with E-state index in [4.69, 9.17) is 11.6 Å². The quantitative estimate of drug-likeness (QED) is 0.748. The van der Waals surface area contributed by atoms with E-state index in [1.807, 2.05) is 43.7 Å². The van der Waals surface area contributed by atoms with Crippen molar-refractivity contribution in [2.45, 2.75) is 19.4 Å². The summed E-state index contributed by atoms with van der Waals surface area (Å²) in [5.74, 6) is -0.0406. The highest BCUT2D eigenvalue weighted by atomic mass is 35.5. The topological polar surface area (TPSA) is 64.7 Å². The van der Waals surface area contributed by atoms with Gasteiger partial charge in [-0.2, -0.15) is 10.2 Å². The number of rotatable bonds is 6. The van der Waals surface area contributed by atoms with Crippen LogP contribution >= 0.6 is 11.6 Å². The van der Waals surface area contributed by atoms with Crippen molar-refractivity contribution in [3.63, 3.8) is 0 Å². The summed E-state index contributed by atoms with van der Waals surface area (Å²) >= 11 is 5.98. The number of aryl methyl sites for hydroxylation is 2. The van der Waals surface area contributed by atoms with Crippen molar-refractivity contribution < 1.29 is 4.79 Å². The molecule has 0 spiro atoms. The van der Waals surface area contributed by atoms with Gasteiger partial charge in [-0.1, -0.05) is 23.7 Å². The van der Waals surface area contributed by atoms with Crippen LogP contribution in [-0.4, -0.2) is 25.5 Å². The summed E-state index contributed by atoms with van der Waals surface area (Å²) in [5, 5.41) is 11.9. The van der Waals surface area contributed by atoms with Crippen LogP contribution in [0.4, 0.5) is 5.69 Å². The molecule has 2 heterocycles. The molecule has 1 amide bonds. The Labute approximate surface area is 145 Å². The van der Waals surface area contributed by atoms with Gasteiger partial charge in [0.2, 0.25) is 5.91 Å². The monoisotopic (exact) mass is 343 g/mol. The van der Waals surface area contributed by atoms with E-state index in [2.05, 4.69) is 15.5 Å². The number of hydrogen-bond acceptors (Lipinski definition) is 3. The van der Waals surface area contributed by atoms with Gasteiger partial charge in [-0.05, 0) is 29.7 Å². The number of anilines is 1. The Hall–Kier alpha value is -2.60. The molecule has 24 heavy (non-hydrogen) atoms. The predicted octanol–water partition coefficient (Wildman–Crippen LogP) is 2.89. The van der Waals surface area contributed by atoms with Crippen molar-refractivity contribution in [2.24, 2.45) is 7.05 Å². The van der Waals surface area contributed by atoms with E-state index in [0.29, 0.717) is 30.1 Å². The Morgan fingerprint density at radius 2 is 2.08 bits per heavy atom. The Morgan fingerprint density at radius 3 is 2.83 bits per heavy atom. The van der Waals surface area contributed by atoms with Crippen LogP contribution in [0.15, 0.2) is 49.1 Å². The number of benzene rings is 1. The maximum absolute atomic E-state index is 12.0. The van der Waals surface area contributed by atoms with Gasteiger partial charge in [0, 0.05) is 30.9 Å². The second-order valence-corrected chi connectivity index (χ2v) is 6.06. The number of nitrogens with zero attached hydrogens (tertiary/aromatic N) is 4. The van der Waals surface area contributed by atoms with E-state index in [1.165, 1.54) is 0 Å². The lowest BCUT2D eigenvalue weighted by atomic mass is 10.2. The molecule has 0 atom stereocenters. The summed E-state index contributed by atoms with van der Waals surface area (Å²) in [7, 11) is 1.86. The van der Waals surface area contributed by atoms with Crippen molar-refractivity contribution in [3.05, 3.63) is 65.2 Å². The molecule has 3 rings (SSSR count). The molecule has 7 heteroatoms. The molecule has 3 aromatic rings. The largest absolute Gasteiger partial charge is 0.323 e. The molecule has 0 aliphatic heterocycles. The number of hydrogen-bond donors (Lipinski definition) is 1. The van der Waals surface area contributed by atoms with Gasteiger partial charge in [0.05, 0.1) is 24.6 Å². The average molecular weight is 344 g/mol. The minimum absolute atomic E-state index is 0.0406. The predicted molar refractivity (Wildman–Crippen MR) is 92.9 cm³/mol. The molecular weight excluding hydrogens is 326 g/mol. The van der Waals surface area contributed by atoms with E-state index >= 15 is 0 Å². The molecule has 0 saturated carbocycles. The SMILES string of the molecule is Cn1cc(CCC(=O)Nc2cnn(Cc3cccc(Cl)c3)c2)cn1. The molecule has 6 nitrogen and oxygen atoms in total. The van der Waals surface area contributed by atoms with Crippen LogP contribution in [0, 0.1) is 0 Å². The van der Waals surface area contributed by atoms with Crippen LogP contribution in [0.2, 0.25) is 5.02 Å². The highest BCUT2D eigenvalue weighted by Crippen LogP contribution is 2.13. The van der Waals surface area contributed by atoms with Crippen LogP contribution in [0.1, 0.15) is 17.5 Å². The zero-order chi connectivity index (χ0) is 16.9. The van der Waals surface area contributed by atoms with E-state index in [1.54, 1.807) is 21.8 Å². The first-order valence-electron chi connectivity index (χ1n) is 7.63. The first kappa shape index (κ1) is 16.3. The molecule has 1 aromatic carbocycles. The lowest BCUT2D eigenvalue weighted by Crippen LogP contribution is -2.11. The zero-order valence-electron chi connectivity index (χ0n) is 13.3. The molecule has 0 saturated heterocycles. The minimum atomic E-state index is -0.0406. The number of carbonyl (C=O) groups excluding carboxylic acids is 1. The van der Waals surface area contributed by atoms with Crippen molar-refractivity contribution in [1.82, 2.24) is 19.6 Å². The second kappa shape index (κ2) is 7.31. The summed E-state index contributed by atoms with van der Waals surface area (Å²) in [4.78, 5) is 12.0. The van der Waals surface area contributed by atoms with Gasteiger partial charge in [-0.3, -0.25) is 14.2 Å². The third-order valence-electron chi connectivity index (χ3n) is 3.55. The van der Waals surface area contributed by atoms with Crippen LogP contribution in [-0.2, 0) is 24.8 Å². The minimum Gasteiger partial charge on any atom is -0.323 e. The van der Waals surface area contributed by atoms with Crippen LogP contribution in [0.5, 0.6) is 0 Å². The fraction of sp³-hybridized carbons (Fsp3) is 0.235. The summed E-state index contributed by atoms with van der Waals surface area (Å²) in [5.41, 5.74) is 2.79. The van der Waals surface area contributed by atoms with E-state index in [-0.39, 0.29) is 5.91 Å². The molecule has 0 bridgehead atoms. The van der Waals surface area contributed by atoms with Crippen molar-refractivity contribution in [1.29, 1.82) is 0 Å². The number of carbonyl (C=O) groups is 1. The van der Waals surface area contributed by atoms with E-state index < -0.39 is 0 Å². The summed E-state index contributed by atoms with van der Waals surface area (Å²) in [6.07, 6.45) is 8.21. The summed E-state index contributed by atoms with van der Waals surface area (Å²) in [6, 6.07) is 7.62. The number of amides is 1. The fourth-order valence-electron chi connectivity index (χ4n) is 2.42. The van der Waals surface area contributed by atoms with Crippen molar-refractivity contribution in [3.8, 4) is 0 Å². The Kier molecular flexibility index (Phi) is 4.96. The van der Waals surface area contributed by atoms with Gasteiger partial charge in [0.25, 0.3) is 0 Å². The first-order chi connectivity index (χ1) is 11.6. The highest BCUT2D eigenvalue weighted by Gasteiger charge is 2.06. The Balaban J connectivity index is 1.52. The average Bonchev–Trinajstić information content (AvgIpc) is 3.14. The number of aromatic nitrogens is 4. The standard InChI is InChI=1S/C17H18ClN5O/c1-22-10-14(8-19-22)5-6-17(24)21-16-9-20-23(12-16)11-13-3-2-4-15(18)7-13/h2-4,7-10,12H,5-6,11H2,1H3,(H,21,24). The van der Waals surface area contributed by atoms with Gasteiger partial charge in [-0.25, -0.2) is 0 Å². The molecule has 0 aliphatic rings. The molecule has 0 unspecified atom stereocenters. The third kappa shape index (κ3) is 4.45. The molecule has 124 valence electrons. The Morgan fingerprint density at radius 1 is 1.21 bits per heavy atom. The zero-order valence-corrected chi connectivity index (χ0v) is 14.1. The van der Waals surface area contributed by atoms with E-state index in [9.17, 15) is 4.79 Å². The maximum atomic E-state index is 12.0. The molecule has 0 fully saturated rings. The first-order valence-corrected chi connectivity index (χ1v) is 8.00. The molecule has 2 aromatic heterocycles. The van der Waals surface area contributed by atoms with Gasteiger partial charge >= 0.3 is 0 Å². The summed E-state index contributed by atoms with van der Waals surface area (Å²) < 4.78 is 3.50. The maximum Gasteiger partial charge on any atom is 0.224 e. The Bertz CT molecular complexity index is 839. The van der Waals surface area contributed by atoms with Gasteiger partial charge in [0.1, 0.15) is 0 Å². The molecule has 0 aliphatic carbocycles. The van der Waals surface area contributed by atoms with Gasteiger partial charge < -0.3 is 5.32 Å². The van der Waals surface area contributed by atoms with Gasteiger partial charge in [0.15, 0.2) is 0 Å².